The highest BCUT2D eigenvalue weighted by Gasteiger charge is 2.24. The number of hydrogen-bond acceptors (Lipinski definition) is 4. The zero-order valence-electron chi connectivity index (χ0n) is 12.2. The molecule has 0 aliphatic rings. The normalized spacial score (nSPS) is 10.0. The number of rotatable bonds is 3. The van der Waals surface area contributed by atoms with Gasteiger partial charge in [0.1, 0.15) is 0 Å². The predicted molar refractivity (Wildman–Crippen MR) is 79.3 cm³/mol. The van der Waals surface area contributed by atoms with E-state index in [1.54, 1.807) is 13.0 Å². The lowest BCUT2D eigenvalue weighted by molar-refractivity contribution is 0.0555. The van der Waals surface area contributed by atoms with Crippen LogP contribution in [0.25, 0.3) is 11.1 Å². The van der Waals surface area contributed by atoms with E-state index in [-0.39, 0.29) is 11.1 Å². The van der Waals surface area contributed by atoms with Crippen molar-refractivity contribution in [3.05, 3.63) is 59.2 Å². The Morgan fingerprint density at radius 3 is 1.95 bits per heavy atom. The van der Waals surface area contributed by atoms with Gasteiger partial charge in [-0.2, -0.15) is 0 Å². The fraction of sp³-hybridized carbons (Fsp3) is 0.176. The average Bonchev–Trinajstić information content (AvgIpc) is 2.53. The van der Waals surface area contributed by atoms with Crippen molar-refractivity contribution in [1.82, 2.24) is 0 Å². The molecule has 0 atom stereocenters. The molecule has 2 aromatic carbocycles. The molecule has 2 rings (SSSR count). The quantitative estimate of drug-likeness (QED) is 0.812. The van der Waals surface area contributed by atoms with E-state index in [0.29, 0.717) is 11.1 Å². The molecule has 0 fully saturated rings. The van der Waals surface area contributed by atoms with E-state index in [0.717, 1.165) is 5.56 Å². The van der Waals surface area contributed by atoms with Crippen molar-refractivity contribution in [2.24, 2.45) is 0 Å². The Labute approximate surface area is 123 Å². The number of ether oxygens (including phenoxy) is 2. The highest BCUT2D eigenvalue weighted by molar-refractivity contribution is 6.08. The zero-order valence-corrected chi connectivity index (χ0v) is 12.2. The van der Waals surface area contributed by atoms with Gasteiger partial charge < -0.3 is 9.47 Å². The van der Waals surface area contributed by atoms with Gasteiger partial charge in [-0.25, -0.2) is 9.59 Å². The maximum Gasteiger partial charge on any atom is 0.339 e. The average molecular weight is 284 g/mol. The molecule has 0 radical (unpaired) electrons. The molecular formula is C17H16O4. The number of benzene rings is 2. The standard InChI is InChI=1S/C17H16O4/c1-11-9-10-13(12-7-5-4-6-8-12)15(17(19)21-3)14(11)16(18)20-2/h4-10H,1-3H3. The van der Waals surface area contributed by atoms with Gasteiger partial charge in [0.25, 0.3) is 0 Å². The van der Waals surface area contributed by atoms with Crippen LogP contribution in [0.15, 0.2) is 42.5 Å². The number of esters is 2. The summed E-state index contributed by atoms with van der Waals surface area (Å²) < 4.78 is 9.64. The summed E-state index contributed by atoms with van der Waals surface area (Å²) in [5.41, 5.74) is 2.62. The predicted octanol–water partition coefficient (Wildman–Crippen LogP) is 3.24. The lowest BCUT2D eigenvalue weighted by atomic mass is 9.92. The van der Waals surface area contributed by atoms with Crippen molar-refractivity contribution in [1.29, 1.82) is 0 Å². The van der Waals surface area contributed by atoms with Gasteiger partial charge in [-0.05, 0) is 23.6 Å². The van der Waals surface area contributed by atoms with E-state index in [4.69, 9.17) is 9.47 Å². The Hall–Kier alpha value is -2.62. The number of carbonyl (C=O) groups excluding carboxylic acids is 2. The minimum atomic E-state index is -0.557. The molecule has 108 valence electrons. The number of aryl methyl sites for hydroxylation is 1. The summed E-state index contributed by atoms with van der Waals surface area (Å²) in [4.78, 5) is 24.2. The van der Waals surface area contributed by atoms with E-state index >= 15 is 0 Å². The number of methoxy groups -OCH3 is 2. The third kappa shape index (κ3) is 2.79. The third-order valence-electron chi connectivity index (χ3n) is 3.28. The van der Waals surface area contributed by atoms with Crippen molar-refractivity contribution in [3.63, 3.8) is 0 Å². The van der Waals surface area contributed by atoms with Crippen molar-refractivity contribution >= 4 is 11.9 Å². The molecule has 2 aromatic rings. The monoisotopic (exact) mass is 284 g/mol. The van der Waals surface area contributed by atoms with Crippen molar-refractivity contribution in [2.45, 2.75) is 6.92 Å². The second-order valence-electron chi connectivity index (χ2n) is 4.53. The van der Waals surface area contributed by atoms with Gasteiger partial charge >= 0.3 is 11.9 Å². The summed E-state index contributed by atoms with van der Waals surface area (Å²) >= 11 is 0. The van der Waals surface area contributed by atoms with Crippen molar-refractivity contribution in [3.8, 4) is 11.1 Å². The first-order valence-electron chi connectivity index (χ1n) is 6.45. The fourth-order valence-corrected chi connectivity index (χ4v) is 2.24. The molecule has 0 aliphatic heterocycles. The van der Waals surface area contributed by atoms with Crippen LogP contribution in [0.2, 0.25) is 0 Å². The van der Waals surface area contributed by atoms with Crippen LogP contribution in [0.5, 0.6) is 0 Å². The maximum absolute atomic E-state index is 12.2. The maximum atomic E-state index is 12.2. The van der Waals surface area contributed by atoms with Gasteiger partial charge in [-0.15, -0.1) is 0 Å². The molecule has 0 spiro atoms. The number of carbonyl (C=O) groups is 2. The second kappa shape index (κ2) is 6.22. The Morgan fingerprint density at radius 1 is 0.810 bits per heavy atom. The first-order chi connectivity index (χ1) is 10.1. The van der Waals surface area contributed by atoms with Gasteiger partial charge in [0.05, 0.1) is 25.3 Å². The molecular weight excluding hydrogens is 268 g/mol. The zero-order chi connectivity index (χ0) is 15.4. The molecule has 0 aliphatic carbocycles. The van der Waals surface area contributed by atoms with Crippen LogP contribution in [-0.2, 0) is 9.47 Å². The minimum absolute atomic E-state index is 0.232. The lowest BCUT2D eigenvalue weighted by Crippen LogP contribution is -2.15. The van der Waals surface area contributed by atoms with Crippen molar-refractivity contribution < 1.29 is 19.1 Å². The molecule has 4 nitrogen and oxygen atoms in total. The van der Waals surface area contributed by atoms with Gasteiger partial charge in [0.15, 0.2) is 0 Å². The molecule has 0 saturated carbocycles. The van der Waals surface area contributed by atoms with Crippen LogP contribution >= 0.6 is 0 Å². The van der Waals surface area contributed by atoms with E-state index in [2.05, 4.69) is 0 Å². The largest absolute Gasteiger partial charge is 0.465 e. The van der Waals surface area contributed by atoms with E-state index in [9.17, 15) is 9.59 Å². The van der Waals surface area contributed by atoms with Crippen LogP contribution < -0.4 is 0 Å². The van der Waals surface area contributed by atoms with Crippen LogP contribution in [-0.4, -0.2) is 26.2 Å². The first-order valence-corrected chi connectivity index (χ1v) is 6.45. The van der Waals surface area contributed by atoms with Crippen LogP contribution in [0.4, 0.5) is 0 Å². The number of hydrogen-bond donors (Lipinski definition) is 0. The molecule has 0 bridgehead atoms. The summed E-state index contributed by atoms with van der Waals surface area (Å²) in [7, 11) is 2.58. The summed E-state index contributed by atoms with van der Waals surface area (Å²) in [6.07, 6.45) is 0. The third-order valence-corrected chi connectivity index (χ3v) is 3.28. The molecule has 4 heteroatoms. The van der Waals surface area contributed by atoms with E-state index < -0.39 is 11.9 Å². The lowest BCUT2D eigenvalue weighted by Gasteiger charge is -2.14. The summed E-state index contributed by atoms with van der Waals surface area (Å²) in [6.45, 7) is 1.76. The molecule has 0 saturated heterocycles. The van der Waals surface area contributed by atoms with Gasteiger partial charge in [0, 0.05) is 0 Å². The summed E-state index contributed by atoms with van der Waals surface area (Å²) in [5, 5.41) is 0. The fourth-order valence-electron chi connectivity index (χ4n) is 2.24. The molecule has 21 heavy (non-hydrogen) atoms. The Kier molecular flexibility index (Phi) is 4.38. The van der Waals surface area contributed by atoms with Crippen molar-refractivity contribution in [2.75, 3.05) is 14.2 Å². The topological polar surface area (TPSA) is 52.6 Å². The van der Waals surface area contributed by atoms with Crippen LogP contribution in [0, 0.1) is 6.92 Å². The summed E-state index contributed by atoms with van der Waals surface area (Å²) in [6, 6.07) is 13.0. The SMILES string of the molecule is COC(=O)c1c(C)ccc(-c2ccccc2)c1C(=O)OC. The molecule has 0 N–H and O–H groups in total. The highest BCUT2D eigenvalue weighted by atomic mass is 16.5. The first kappa shape index (κ1) is 14.8. The molecule has 0 amide bonds. The Bertz CT molecular complexity index is 675. The van der Waals surface area contributed by atoms with Gasteiger partial charge in [0.2, 0.25) is 0 Å². The smallest absolute Gasteiger partial charge is 0.339 e. The highest BCUT2D eigenvalue weighted by Crippen LogP contribution is 2.29. The van der Waals surface area contributed by atoms with E-state index in [1.165, 1.54) is 14.2 Å². The Morgan fingerprint density at radius 2 is 1.38 bits per heavy atom. The second-order valence-corrected chi connectivity index (χ2v) is 4.53. The van der Waals surface area contributed by atoms with Gasteiger partial charge in [-0.3, -0.25) is 0 Å². The molecule has 0 unspecified atom stereocenters. The molecule has 0 heterocycles. The van der Waals surface area contributed by atoms with Crippen LogP contribution in [0.1, 0.15) is 26.3 Å². The summed E-state index contributed by atoms with van der Waals surface area (Å²) in [5.74, 6) is -1.11. The Balaban J connectivity index is 2.77. The van der Waals surface area contributed by atoms with Gasteiger partial charge in [-0.1, -0.05) is 42.5 Å². The molecule has 0 aromatic heterocycles. The van der Waals surface area contributed by atoms with E-state index in [1.807, 2.05) is 36.4 Å². The minimum Gasteiger partial charge on any atom is -0.465 e. The van der Waals surface area contributed by atoms with Crippen LogP contribution in [0.3, 0.4) is 0 Å².